The summed E-state index contributed by atoms with van der Waals surface area (Å²) in [6.07, 6.45) is -5.20. The van der Waals surface area contributed by atoms with Crippen LogP contribution >= 0.6 is 0 Å². The van der Waals surface area contributed by atoms with Crippen LogP contribution in [0.5, 0.6) is 0 Å². The van der Waals surface area contributed by atoms with Crippen LogP contribution < -0.4 is 9.62 Å². The molecule has 0 bridgehead atoms. The zero-order valence-electron chi connectivity index (χ0n) is 13.2. The molecule has 6 nitrogen and oxygen atoms in total. The van der Waals surface area contributed by atoms with Crippen molar-refractivity contribution in [2.24, 2.45) is 0 Å². The van der Waals surface area contributed by atoms with E-state index in [9.17, 15) is 26.4 Å². The lowest BCUT2D eigenvalue weighted by atomic mass is 10.2. The van der Waals surface area contributed by atoms with Gasteiger partial charge in [0.2, 0.25) is 0 Å². The van der Waals surface area contributed by atoms with Gasteiger partial charge >= 0.3 is 12.3 Å². The predicted octanol–water partition coefficient (Wildman–Crippen LogP) is 3.46. The van der Waals surface area contributed by atoms with E-state index < -0.39 is 32.8 Å². The molecule has 2 aromatic rings. The van der Waals surface area contributed by atoms with E-state index >= 15 is 0 Å². The summed E-state index contributed by atoms with van der Waals surface area (Å²) in [7, 11) is -4.23. The maximum Gasteiger partial charge on any atom is 0.416 e. The molecule has 0 aliphatic carbocycles. The molecule has 1 N–H and O–H groups in total. The van der Waals surface area contributed by atoms with E-state index in [1.165, 1.54) is 23.1 Å². The third kappa shape index (κ3) is 3.74. The number of carbonyl (C=O) groups excluding carboxylic acids is 1. The predicted molar refractivity (Wildman–Crippen MR) is 87.4 cm³/mol. The van der Waals surface area contributed by atoms with Crippen molar-refractivity contribution < 1.29 is 31.1 Å². The molecular formula is C16H13F3N2O4S. The second kappa shape index (κ2) is 6.52. The lowest BCUT2D eigenvalue weighted by Crippen LogP contribution is -2.23. The summed E-state index contributed by atoms with van der Waals surface area (Å²) in [5.74, 6) is 0. The van der Waals surface area contributed by atoms with Crippen LogP contribution in [0.15, 0.2) is 53.4 Å². The number of rotatable bonds is 4. The number of hydrogen-bond donors (Lipinski definition) is 1. The summed E-state index contributed by atoms with van der Waals surface area (Å²) < 4.78 is 70.2. The Kier molecular flexibility index (Phi) is 4.53. The van der Waals surface area contributed by atoms with Gasteiger partial charge in [0, 0.05) is 5.69 Å². The molecule has 0 atom stereocenters. The van der Waals surface area contributed by atoms with Crippen molar-refractivity contribution in [3.8, 4) is 0 Å². The monoisotopic (exact) mass is 386 g/mol. The number of cyclic esters (lactones) is 1. The number of amides is 1. The number of alkyl halides is 3. The number of nitrogens with one attached hydrogen (secondary N) is 1. The first-order valence-corrected chi connectivity index (χ1v) is 8.89. The van der Waals surface area contributed by atoms with Crippen molar-refractivity contribution in [3.63, 3.8) is 0 Å². The fourth-order valence-electron chi connectivity index (χ4n) is 2.42. The van der Waals surface area contributed by atoms with Crippen molar-refractivity contribution >= 4 is 27.5 Å². The van der Waals surface area contributed by atoms with Crippen molar-refractivity contribution in [1.82, 2.24) is 0 Å². The van der Waals surface area contributed by atoms with Crippen LogP contribution in [0.1, 0.15) is 5.56 Å². The van der Waals surface area contributed by atoms with E-state index in [1.54, 1.807) is 6.07 Å². The van der Waals surface area contributed by atoms with Gasteiger partial charge in [0.05, 0.1) is 22.7 Å². The van der Waals surface area contributed by atoms with Gasteiger partial charge in [-0.1, -0.05) is 12.1 Å². The fourth-order valence-corrected chi connectivity index (χ4v) is 3.51. The van der Waals surface area contributed by atoms with Crippen LogP contribution in [0.25, 0.3) is 0 Å². The fraction of sp³-hybridized carbons (Fsp3) is 0.188. The van der Waals surface area contributed by atoms with Crippen LogP contribution in [-0.2, 0) is 20.9 Å². The molecule has 1 aliphatic heterocycles. The molecule has 2 aromatic carbocycles. The van der Waals surface area contributed by atoms with E-state index in [0.29, 0.717) is 18.3 Å². The Morgan fingerprint density at radius 2 is 1.81 bits per heavy atom. The Morgan fingerprint density at radius 1 is 1.08 bits per heavy atom. The van der Waals surface area contributed by atoms with Gasteiger partial charge in [0.25, 0.3) is 10.0 Å². The molecule has 1 amide bonds. The van der Waals surface area contributed by atoms with E-state index in [0.717, 1.165) is 18.2 Å². The van der Waals surface area contributed by atoms with Gasteiger partial charge < -0.3 is 4.74 Å². The SMILES string of the molecule is O=C1OCCN1c1cccc(NS(=O)(=O)c2cccc(C(F)(F)F)c2)c1. The highest BCUT2D eigenvalue weighted by Crippen LogP contribution is 2.31. The van der Waals surface area contributed by atoms with Gasteiger partial charge in [-0.15, -0.1) is 0 Å². The Bertz CT molecular complexity index is 945. The molecule has 10 heteroatoms. The quantitative estimate of drug-likeness (QED) is 0.873. The summed E-state index contributed by atoms with van der Waals surface area (Å²) in [5.41, 5.74) is -0.537. The molecule has 1 heterocycles. The minimum Gasteiger partial charge on any atom is -0.447 e. The Morgan fingerprint density at radius 3 is 2.46 bits per heavy atom. The Labute approximate surface area is 147 Å². The minimum absolute atomic E-state index is 0.111. The first-order valence-electron chi connectivity index (χ1n) is 7.41. The maximum atomic E-state index is 12.8. The molecular weight excluding hydrogens is 373 g/mol. The molecule has 1 aliphatic rings. The van der Waals surface area contributed by atoms with Crippen LogP contribution in [-0.4, -0.2) is 27.7 Å². The molecule has 0 spiro atoms. The van der Waals surface area contributed by atoms with Gasteiger partial charge in [-0.3, -0.25) is 9.62 Å². The van der Waals surface area contributed by atoms with Gasteiger partial charge in [0.15, 0.2) is 0 Å². The molecule has 0 aromatic heterocycles. The molecule has 0 saturated carbocycles. The molecule has 3 rings (SSSR count). The normalized spacial score (nSPS) is 15.0. The minimum atomic E-state index is -4.65. The van der Waals surface area contributed by atoms with Crippen LogP contribution in [0, 0.1) is 0 Å². The highest BCUT2D eigenvalue weighted by Gasteiger charge is 2.31. The van der Waals surface area contributed by atoms with Gasteiger partial charge in [-0.25, -0.2) is 13.2 Å². The smallest absolute Gasteiger partial charge is 0.416 e. The molecule has 1 saturated heterocycles. The van der Waals surface area contributed by atoms with Crippen molar-refractivity contribution in [1.29, 1.82) is 0 Å². The molecule has 1 fully saturated rings. The standard InChI is InChI=1S/C16H13F3N2O4S/c17-16(18,19)11-3-1-6-14(9-11)26(23,24)20-12-4-2-5-13(10-12)21-7-8-25-15(21)22/h1-6,9-10,20H,7-8H2. The summed E-state index contributed by atoms with van der Waals surface area (Å²) in [4.78, 5) is 12.4. The lowest BCUT2D eigenvalue weighted by Gasteiger charge is -2.15. The number of benzene rings is 2. The third-order valence-corrected chi connectivity index (χ3v) is 5.02. The average molecular weight is 386 g/mol. The van der Waals surface area contributed by atoms with Crippen LogP contribution in [0.3, 0.4) is 0 Å². The topological polar surface area (TPSA) is 75.7 Å². The van der Waals surface area contributed by atoms with E-state index in [-0.39, 0.29) is 12.3 Å². The second-order valence-corrected chi connectivity index (χ2v) is 7.13. The largest absolute Gasteiger partial charge is 0.447 e. The Hall–Kier alpha value is -2.75. The number of sulfonamides is 1. The summed E-state index contributed by atoms with van der Waals surface area (Å²) in [5, 5.41) is 0. The van der Waals surface area contributed by atoms with Crippen molar-refractivity contribution in [3.05, 3.63) is 54.1 Å². The highest BCUT2D eigenvalue weighted by atomic mass is 32.2. The maximum absolute atomic E-state index is 12.8. The van der Waals surface area contributed by atoms with Gasteiger partial charge in [-0.2, -0.15) is 13.2 Å². The first-order chi connectivity index (χ1) is 12.2. The van der Waals surface area contributed by atoms with Gasteiger partial charge in [0.1, 0.15) is 6.61 Å². The Balaban J connectivity index is 1.87. The first kappa shape index (κ1) is 18.1. The number of carbonyl (C=O) groups is 1. The molecule has 26 heavy (non-hydrogen) atoms. The van der Waals surface area contributed by atoms with Crippen molar-refractivity contribution in [2.45, 2.75) is 11.1 Å². The van der Waals surface area contributed by atoms with Crippen LogP contribution in [0.2, 0.25) is 0 Å². The number of anilines is 2. The second-order valence-electron chi connectivity index (χ2n) is 5.45. The van der Waals surface area contributed by atoms with Crippen LogP contribution in [0.4, 0.5) is 29.3 Å². The van der Waals surface area contributed by atoms with E-state index in [1.807, 2.05) is 0 Å². The van der Waals surface area contributed by atoms with E-state index in [2.05, 4.69) is 4.72 Å². The summed E-state index contributed by atoms with van der Waals surface area (Å²) in [6.45, 7) is 0.543. The lowest BCUT2D eigenvalue weighted by molar-refractivity contribution is -0.137. The highest BCUT2D eigenvalue weighted by molar-refractivity contribution is 7.92. The number of halogens is 3. The number of hydrogen-bond acceptors (Lipinski definition) is 4. The van der Waals surface area contributed by atoms with Crippen molar-refractivity contribution in [2.75, 3.05) is 22.8 Å². The zero-order chi connectivity index (χ0) is 18.9. The average Bonchev–Trinajstić information content (AvgIpc) is 3.00. The molecule has 0 unspecified atom stereocenters. The van der Waals surface area contributed by atoms with Gasteiger partial charge in [-0.05, 0) is 36.4 Å². The zero-order valence-corrected chi connectivity index (χ0v) is 14.0. The molecule has 0 radical (unpaired) electrons. The summed E-state index contributed by atoms with van der Waals surface area (Å²) in [6, 6.07) is 9.38. The third-order valence-electron chi connectivity index (χ3n) is 3.64. The summed E-state index contributed by atoms with van der Waals surface area (Å²) >= 11 is 0. The van der Waals surface area contributed by atoms with E-state index in [4.69, 9.17) is 4.74 Å². The molecule has 138 valence electrons. The number of nitrogens with zero attached hydrogens (tertiary/aromatic N) is 1. The number of ether oxygens (including phenoxy) is 1.